The van der Waals surface area contributed by atoms with Crippen molar-refractivity contribution in [3.63, 3.8) is 0 Å². The Kier molecular flexibility index (Phi) is 2.79. The van der Waals surface area contributed by atoms with Crippen molar-refractivity contribution in [2.24, 2.45) is 0 Å². The molecule has 5 heteroatoms. The van der Waals surface area contributed by atoms with Gasteiger partial charge in [0.2, 0.25) is 0 Å². The number of halogens is 3. The Morgan fingerprint density at radius 3 is 3.00 bits per heavy atom. The molecule has 0 aliphatic rings. The first-order valence-corrected chi connectivity index (χ1v) is 6.03. The Labute approximate surface area is 97.8 Å². The average Bonchev–Trinajstić information content (AvgIpc) is 2.48. The molecular weight excluding hydrogens is 293 g/mol. The number of hydrogen-bond acceptors (Lipinski definition) is 2. The minimum Gasteiger partial charge on any atom is -0.243 e. The van der Waals surface area contributed by atoms with Crippen LogP contribution in [0.5, 0.6) is 0 Å². The third-order valence-corrected chi connectivity index (χ3v) is 4.04. The van der Waals surface area contributed by atoms with Crippen LogP contribution in [0.4, 0.5) is 0 Å². The quantitative estimate of drug-likeness (QED) is 0.559. The Bertz CT molecular complexity index is 455. The molecule has 2 rings (SSSR count). The van der Waals surface area contributed by atoms with Gasteiger partial charge in [0.25, 0.3) is 0 Å². The van der Waals surface area contributed by atoms with Gasteiger partial charge in [-0.1, -0.05) is 11.6 Å². The second kappa shape index (κ2) is 3.73. The van der Waals surface area contributed by atoms with Crippen molar-refractivity contribution in [3.8, 4) is 0 Å². The summed E-state index contributed by atoms with van der Waals surface area (Å²) in [5.41, 5.74) is 1.02. The van der Waals surface area contributed by atoms with Gasteiger partial charge in [0.15, 0.2) is 0 Å². The predicted octanol–water partition coefficient (Wildman–Crippen LogP) is 4.45. The zero-order valence-corrected chi connectivity index (χ0v) is 10.3. The monoisotopic (exact) mass is 295 g/mol. The molecule has 0 aliphatic carbocycles. The normalized spacial score (nSPS) is 11.0. The van der Waals surface area contributed by atoms with Crippen LogP contribution in [-0.4, -0.2) is 4.98 Å². The lowest BCUT2D eigenvalue weighted by Gasteiger charge is -1.97. The Morgan fingerprint density at radius 1 is 1.54 bits per heavy atom. The van der Waals surface area contributed by atoms with Crippen LogP contribution in [0.2, 0.25) is 5.15 Å². The van der Waals surface area contributed by atoms with Gasteiger partial charge in [0.1, 0.15) is 5.15 Å². The number of alkyl halides is 1. The van der Waals surface area contributed by atoms with Gasteiger partial charge in [-0.15, -0.1) is 22.9 Å². The highest BCUT2D eigenvalue weighted by Gasteiger charge is 2.08. The van der Waals surface area contributed by atoms with Crippen LogP contribution in [-0.2, 0) is 5.88 Å². The van der Waals surface area contributed by atoms with E-state index in [2.05, 4.69) is 20.9 Å². The number of rotatable bonds is 1. The number of fused-ring (bicyclic) bond motifs is 1. The van der Waals surface area contributed by atoms with Crippen LogP contribution in [0.15, 0.2) is 16.0 Å². The maximum Gasteiger partial charge on any atom is 0.146 e. The standard InChI is InChI=1S/C8H4BrCl2NS/c9-6-1-5-4(2-10)3-12-8(11)7(5)13-6/h1,3H,2H2. The molecule has 0 unspecified atom stereocenters. The average molecular weight is 297 g/mol. The summed E-state index contributed by atoms with van der Waals surface area (Å²) in [4.78, 5) is 4.06. The van der Waals surface area contributed by atoms with Crippen molar-refractivity contribution in [1.29, 1.82) is 0 Å². The van der Waals surface area contributed by atoms with E-state index in [0.29, 0.717) is 11.0 Å². The maximum atomic E-state index is 5.93. The number of aromatic nitrogens is 1. The Balaban J connectivity index is 2.83. The SMILES string of the molecule is ClCc1cnc(Cl)c2sc(Br)cc12. The van der Waals surface area contributed by atoms with Crippen LogP contribution in [0.1, 0.15) is 5.56 Å². The van der Waals surface area contributed by atoms with E-state index >= 15 is 0 Å². The number of nitrogens with zero attached hydrogens (tertiary/aromatic N) is 1. The van der Waals surface area contributed by atoms with Crippen LogP contribution >= 0.6 is 50.5 Å². The largest absolute Gasteiger partial charge is 0.243 e. The van der Waals surface area contributed by atoms with Gasteiger partial charge in [-0.25, -0.2) is 4.98 Å². The molecule has 0 N–H and O–H groups in total. The molecule has 0 radical (unpaired) electrons. The second-order valence-corrected chi connectivity index (χ2v) is 5.56. The molecule has 0 aliphatic heterocycles. The summed E-state index contributed by atoms with van der Waals surface area (Å²) < 4.78 is 2.04. The maximum absolute atomic E-state index is 5.93. The Morgan fingerprint density at radius 2 is 2.31 bits per heavy atom. The van der Waals surface area contributed by atoms with Crippen molar-refractivity contribution in [2.45, 2.75) is 5.88 Å². The number of pyridine rings is 1. The minimum absolute atomic E-state index is 0.462. The van der Waals surface area contributed by atoms with Gasteiger partial charge >= 0.3 is 0 Å². The summed E-state index contributed by atoms with van der Waals surface area (Å²) in [5.74, 6) is 0.462. The van der Waals surface area contributed by atoms with E-state index in [1.54, 1.807) is 17.5 Å². The lowest BCUT2D eigenvalue weighted by atomic mass is 10.2. The smallest absolute Gasteiger partial charge is 0.146 e. The highest BCUT2D eigenvalue weighted by molar-refractivity contribution is 9.11. The van der Waals surface area contributed by atoms with Gasteiger partial charge in [0.05, 0.1) is 8.49 Å². The molecule has 0 atom stereocenters. The van der Waals surface area contributed by atoms with E-state index < -0.39 is 0 Å². The topological polar surface area (TPSA) is 12.9 Å². The first kappa shape index (κ1) is 9.71. The third kappa shape index (κ3) is 1.71. The lowest BCUT2D eigenvalue weighted by Crippen LogP contribution is -1.82. The van der Waals surface area contributed by atoms with Crippen molar-refractivity contribution < 1.29 is 0 Å². The van der Waals surface area contributed by atoms with E-state index in [1.807, 2.05) is 6.07 Å². The van der Waals surface area contributed by atoms with Gasteiger partial charge < -0.3 is 0 Å². The van der Waals surface area contributed by atoms with E-state index in [0.717, 1.165) is 19.4 Å². The van der Waals surface area contributed by atoms with Crippen molar-refractivity contribution in [1.82, 2.24) is 4.98 Å². The number of thiophene rings is 1. The van der Waals surface area contributed by atoms with Gasteiger partial charge in [-0.3, -0.25) is 0 Å². The molecule has 0 spiro atoms. The summed E-state index contributed by atoms with van der Waals surface area (Å²) in [6, 6.07) is 2.02. The van der Waals surface area contributed by atoms with E-state index in [9.17, 15) is 0 Å². The molecule has 13 heavy (non-hydrogen) atoms. The van der Waals surface area contributed by atoms with Crippen LogP contribution in [0.25, 0.3) is 10.1 Å². The van der Waals surface area contributed by atoms with Gasteiger partial charge in [0, 0.05) is 17.5 Å². The third-order valence-electron chi connectivity index (χ3n) is 1.71. The molecule has 2 aromatic heterocycles. The second-order valence-electron chi connectivity index (χ2n) is 2.50. The molecule has 0 fully saturated rings. The molecule has 2 aromatic rings. The highest BCUT2D eigenvalue weighted by Crippen LogP contribution is 2.35. The minimum atomic E-state index is 0.462. The zero-order valence-electron chi connectivity index (χ0n) is 6.35. The molecule has 0 bridgehead atoms. The molecule has 2 heterocycles. The Hall–Kier alpha value is 0.170. The molecule has 68 valence electrons. The fraction of sp³-hybridized carbons (Fsp3) is 0.125. The molecule has 1 nitrogen and oxygen atoms in total. The first-order valence-electron chi connectivity index (χ1n) is 3.50. The summed E-state index contributed by atoms with van der Waals surface area (Å²) >= 11 is 16.7. The highest BCUT2D eigenvalue weighted by atomic mass is 79.9. The fourth-order valence-corrected chi connectivity index (χ4v) is 3.12. The zero-order chi connectivity index (χ0) is 9.42. The summed E-state index contributed by atoms with van der Waals surface area (Å²) in [6.07, 6.45) is 1.72. The van der Waals surface area contributed by atoms with Crippen molar-refractivity contribution >= 4 is 60.6 Å². The summed E-state index contributed by atoms with van der Waals surface area (Å²) in [5, 5.41) is 1.63. The molecule has 0 saturated carbocycles. The van der Waals surface area contributed by atoms with Crippen molar-refractivity contribution in [3.05, 3.63) is 26.8 Å². The van der Waals surface area contributed by atoms with Crippen LogP contribution < -0.4 is 0 Å². The molecule has 0 aromatic carbocycles. The molecule has 0 saturated heterocycles. The van der Waals surface area contributed by atoms with Crippen LogP contribution in [0.3, 0.4) is 0 Å². The van der Waals surface area contributed by atoms with E-state index in [4.69, 9.17) is 23.2 Å². The predicted molar refractivity (Wildman–Crippen MR) is 61.9 cm³/mol. The van der Waals surface area contributed by atoms with Crippen molar-refractivity contribution in [2.75, 3.05) is 0 Å². The molecular formula is C8H4BrCl2NS. The van der Waals surface area contributed by atoms with Crippen LogP contribution in [0, 0.1) is 0 Å². The summed E-state index contributed by atoms with van der Waals surface area (Å²) in [6.45, 7) is 0. The van der Waals surface area contributed by atoms with Gasteiger partial charge in [-0.05, 0) is 27.6 Å². The fourth-order valence-electron chi connectivity index (χ4n) is 1.12. The van der Waals surface area contributed by atoms with Gasteiger partial charge in [-0.2, -0.15) is 0 Å². The first-order chi connectivity index (χ1) is 6.22. The molecule has 0 amide bonds. The van der Waals surface area contributed by atoms with E-state index in [-0.39, 0.29) is 0 Å². The lowest BCUT2D eigenvalue weighted by molar-refractivity contribution is 1.29. The van der Waals surface area contributed by atoms with E-state index in [1.165, 1.54) is 0 Å². The summed E-state index contributed by atoms with van der Waals surface area (Å²) in [7, 11) is 0. The number of hydrogen-bond donors (Lipinski definition) is 0.